The van der Waals surface area contributed by atoms with Crippen LogP contribution in [0.3, 0.4) is 0 Å². The fraction of sp³-hybridized carbons (Fsp3) is 0.120. The Labute approximate surface area is 220 Å². The van der Waals surface area contributed by atoms with Gasteiger partial charge in [0.1, 0.15) is 11.5 Å². The van der Waals surface area contributed by atoms with Crippen molar-refractivity contribution >= 4 is 45.5 Å². The molecule has 1 amide bonds. The second-order valence-corrected chi connectivity index (χ2v) is 9.27. The molecule has 3 N–H and O–H groups in total. The van der Waals surface area contributed by atoms with Crippen LogP contribution in [0.5, 0.6) is 11.5 Å². The SMILES string of the molecule is COc1ccccc1NCc1nnc(SCC(=O)N/N=C/c2cc(Br)ccc2O)n1-c1ccccc1. The van der Waals surface area contributed by atoms with Gasteiger partial charge in [0.15, 0.2) is 11.0 Å². The number of benzene rings is 3. The van der Waals surface area contributed by atoms with E-state index in [2.05, 4.69) is 42.0 Å². The molecule has 0 unspecified atom stereocenters. The van der Waals surface area contributed by atoms with Crippen LogP contribution in [0.25, 0.3) is 5.69 Å². The van der Waals surface area contributed by atoms with Gasteiger partial charge in [0.05, 0.1) is 31.3 Å². The molecule has 0 fully saturated rings. The molecule has 4 aromatic rings. The zero-order valence-corrected chi connectivity index (χ0v) is 21.7. The summed E-state index contributed by atoms with van der Waals surface area (Å²) >= 11 is 4.58. The van der Waals surface area contributed by atoms with E-state index in [4.69, 9.17) is 4.74 Å². The average molecular weight is 567 g/mol. The maximum atomic E-state index is 12.4. The largest absolute Gasteiger partial charge is 0.507 e. The summed E-state index contributed by atoms with van der Waals surface area (Å²) in [5.74, 6) is 1.23. The van der Waals surface area contributed by atoms with Gasteiger partial charge in [-0.2, -0.15) is 5.10 Å². The zero-order chi connectivity index (χ0) is 25.3. The third kappa shape index (κ3) is 6.43. The van der Waals surface area contributed by atoms with Crippen LogP contribution in [0.15, 0.2) is 87.5 Å². The predicted molar refractivity (Wildman–Crippen MR) is 144 cm³/mol. The quantitative estimate of drug-likeness (QED) is 0.146. The van der Waals surface area contributed by atoms with E-state index in [-0.39, 0.29) is 17.4 Å². The number of hydrogen-bond donors (Lipinski definition) is 3. The summed E-state index contributed by atoms with van der Waals surface area (Å²) in [6, 6.07) is 22.3. The Balaban J connectivity index is 1.45. The molecule has 3 aromatic carbocycles. The monoisotopic (exact) mass is 566 g/mol. The second-order valence-electron chi connectivity index (χ2n) is 7.41. The highest BCUT2D eigenvalue weighted by molar-refractivity contribution is 9.10. The van der Waals surface area contributed by atoms with Crippen LogP contribution in [0, 0.1) is 0 Å². The van der Waals surface area contributed by atoms with E-state index in [0.717, 1.165) is 21.6 Å². The summed E-state index contributed by atoms with van der Waals surface area (Å²) < 4.78 is 8.11. The minimum atomic E-state index is -0.318. The first-order chi connectivity index (χ1) is 17.5. The molecule has 0 atom stereocenters. The topological polar surface area (TPSA) is 114 Å². The molecule has 184 valence electrons. The van der Waals surface area contributed by atoms with Crippen LogP contribution in [0.4, 0.5) is 5.69 Å². The van der Waals surface area contributed by atoms with E-state index in [9.17, 15) is 9.90 Å². The summed E-state index contributed by atoms with van der Waals surface area (Å²) in [5, 5.41) is 26.4. The summed E-state index contributed by atoms with van der Waals surface area (Å²) in [4.78, 5) is 12.4. The third-order valence-corrected chi connectivity index (χ3v) is 6.40. The van der Waals surface area contributed by atoms with E-state index < -0.39 is 0 Å². The van der Waals surface area contributed by atoms with Crippen molar-refractivity contribution in [2.45, 2.75) is 11.7 Å². The lowest BCUT2D eigenvalue weighted by Gasteiger charge is -2.13. The summed E-state index contributed by atoms with van der Waals surface area (Å²) in [6.45, 7) is 0.398. The number of amides is 1. The fourth-order valence-corrected chi connectivity index (χ4v) is 4.42. The Bertz CT molecular complexity index is 1360. The van der Waals surface area contributed by atoms with Crippen molar-refractivity contribution < 1.29 is 14.6 Å². The molecule has 0 aliphatic carbocycles. The molecule has 0 saturated heterocycles. The smallest absolute Gasteiger partial charge is 0.250 e. The molecule has 1 heterocycles. The maximum Gasteiger partial charge on any atom is 0.250 e. The number of para-hydroxylation sites is 3. The lowest BCUT2D eigenvalue weighted by atomic mass is 10.2. The molecule has 0 spiro atoms. The van der Waals surface area contributed by atoms with Crippen molar-refractivity contribution in [2.24, 2.45) is 5.10 Å². The number of anilines is 1. The predicted octanol–water partition coefficient (Wildman–Crippen LogP) is 4.60. The number of carbonyl (C=O) groups is 1. The molecule has 0 radical (unpaired) electrons. The van der Waals surface area contributed by atoms with Crippen molar-refractivity contribution in [2.75, 3.05) is 18.2 Å². The van der Waals surface area contributed by atoms with Gasteiger partial charge in [0, 0.05) is 15.7 Å². The number of rotatable bonds is 10. The number of nitrogens with zero attached hydrogens (tertiary/aromatic N) is 4. The first-order valence-electron chi connectivity index (χ1n) is 10.8. The highest BCUT2D eigenvalue weighted by atomic mass is 79.9. The molecule has 0 aliphatic heterocycles. The first-order valence-corrected chi connectivity index (χ1v) is 12.6. The average Bonchev–Trinajstić information content (AvgIpc) is 3.31. The zero-order valence-electron chi connectivity index (χ0n) is 19.3. The molecule has 4 rings (SSSR count). The van der Waals surface area contributed by atoms with Crippen LogP contribution < -0.4 is 15.5 Å². The third-order valence-electron chi connectivity index (χ3n) is 4.97. The van der Waals surface area contributed by atoms with E-state index >= 15 is 0 Å². The van der Waals surface area contributed by atoms with Gasteiger partial charge in [-0.15, -0.1) is 10.2 Å². The number of hydrogen-bond acceptors (Lipinski definition) is 8. The molecular formula is C25H23BrN6O3S. The number of phenols is 1. The van der Waals surface area contributed by atoms with Crippen LogP contribution in [-0.4, -0.2) is 44.9 Å². The number of aromatic hydroxyl groups is 1. The van der Waals surface area contributed by atoms with Gasteiger partial charge >= 0.3 is 0 Å². The van der Waals surface area contributed by atoms with Crippen molar-refractivity contribution in [1.29, 1.82) is 0 Å². The van der Waals surface area contributed by atoms with E-state index in [0.29, 0.717) is 23.1 Å². The normalized spacial score (nSPS) is 10.9. The van der Waals surface area contributed by atoms with Crippen molar-refractivity contribution in [1.82, 2.24) is 20.2 Å². The van der Waals surface area contributed by atoms with Crippen molar-refractivity contribution in [3.63, 3.8) is 0 Å². The van der Waals surface area contributed by atoms with Crippen LogP contribution in [-0.2, 0) is 11.3 Å². The Morgan fingerprint density at radius 1 is 1.14 bits per heavy atom. The molecule has 0 bridgehead atoms. The van der Waals surface area contributed by atoms with Gasteiger partial charge in [0.25, 0.3) is 5.91 Å². The Morgan fingerprint density at radius 3 is 2.72 bits per heavy atom. The highest BCUT2D eigenvalue weighted by Crippen LogP contribution is 2.26. The van der Waals surface area contributed by atoms with E-state index in [1.54, 1.807) is 25.3 Å². The minimum Gasteiger partial charge on any atom is -0.507 e. The van der Waals surface area contributed by atoms with Gasteiger partial charge in [-0.1, -0.05) is 58.0 Å². The molecule has 0 aliphatic rings. The Kier molecular flexibility index (Phi) is 8.58. The Hall–Kier alpha value is -3.83. The Morgan fingerprint density at radius 2 is 1.92 bits per heavy atom. The van der Waals surface area contributed by atoms with Gasteiger partial charge < -0.3 is 15.2 Å². The summed E-state index contributed by atoms with van der Waals surface area (Å²) in [7, 11) is 1.62. The lowest BCUT2D eigenvalue weighted by Crippen LogP contribution is -2.20. The molecule has 9 nitrogen and oxygen atoms in total. The number of hydrazone groups is 1. The van der Waals surface area contributed by atoms with Crippen LogP contribution >= 0.6 is 27.7 Å². The van der Waals surface area contributed by atoms with Gasteiger partial charge in [-0.25, -0.2) is 5.43 Å². The van der Waals surface area contributed by atoms with Crippen molar-refractivity contribution in [3.05, 3.63) is 88.7 Å². The number of aromatic nitrogens is 3. The van der Waals surface area contributed by atoms with Gasteiger partial charge in [-0.3, -0.25) is 9.36 Å². The number of thioether (sulfide) groups is 1. The minimum absolute atomic E-state index is 0.0656. The molecule has 36 heavy (non-hydrogen) atoms. The van der Waals surface area contributed by atoms with E-state index in [1.165, 1.54) is 18.0 Å². The van der Waals surface area contributed by atoms with E-state index in [1.807, 2.05) is 59.2 Å². The van der Waals surface area contributed by atoms with Gasteiger partial charge in [-0.05, 0) is 42.5 Å². The fourth-order valence-electron chi connectivity index (χ4n) is 3.27. The van der Waals surface area contributed by atoms with Crippen molar-refractivity contribution in [3.8, 4) is 17.2 Å². The molecule has 1 aromatic heterocycles. The summed E-state index contributed by atoms with van der Waals surface area (Å²) in [6.07, 6.45) is 1.39. The van der Waals surface area contributed by atoms with Crippen LogP contribution in [0.1, 0.15) is 11.4 Å². The first kappa shape index (κ1) is 25.3. The number of halogens is 1. The number of methoxy groups -OCH3 is 1. The summed E-state index contributed by atoms with van der Waals surface area (Å²) in [5.41, 5.74) is 4.67. The van der Waals surface area contributed by atoms with Crippen LogP contribution in [0.2, 0.25) is 0 Å². The molecular weight excluding hydrogens is 544 g/mol. The molecule has 11 heteroatoms. The lowest BCUT2D eigenvalue weighted by molar-refractivity contribution is -0.118. The highest BCUT2D eigenvalue weighted by Gasteiger charge is 2.16. The number of phenolic OH excluding ortho intramolecular Hbond substituents is 1. The van der Waals surface area contributed by atoms with Gasteiger partial charge in [0.2, 0.25) is 0 Å². The number of ether oxygens (including phenoxy) is 1. The number of nitrogens with one attached hydrogen (secondary N) is 2. The molecule has 0 saturated carbocycles. The second kappa shape index (κ2) is 12.2. The number of carbonyl (C=O) groups excluding carboxylic acids is 1. The standard InChI is InChI=1S/C25H23BrN6O3S/c1-35-22-10-6-5-9-20(22)27-15-23-29-31-25(32(23)19-7-3-2-4-8-19)36-16-24(34)30-28-14-17-13-18(26)11-12-21(17)33/h2-14,27,33H,15-16H2,1H3,(H,30,34)/b28-14+. The maximum absolute atomic E-state index is 12.4.